The average Bonchev–Trinajstić information content (AvgIpc) is 3.37. The van der Waals surface area contributed by atoms with Gasteiger partial charge < -0.3 is 14.8 Å². The fourth-order valence-corrected chi connectivity index (χ4v) is 4.42. The SMILES string of the molecule is COC(=O)c1ccccc1-c1cc(C)cc2c1O[C@H](CNC(=O)[C@H](C)n1nc(C)cc1C)C2. The van der Waals surface area contributed by atoms with E-state index in [-0.39, 0.29) is 18.0 Å². The minimum atomic E-state index is -0.410. The maximum atomic E-state index is 12.8. The summed E-state index contributed by atoms with van der Waals surface area (Å²) < 4.78 is 13.0. The van der Waals surface area contributed by atoms with Gasteiger partial charge >= 0.3 is 5.97 Å². The molecule has 0 saturated heterocycles. The molecule has 1 N–H and O–H groups in total. The molecule has 1 amide bonds. The van der Waals surface area contributed by atoms with Crippen molar-refractivity contribution in [2.45, 2.75) is 46.3 Å². The van der Waals surface area contributed by atoms with Gasteiger partial charge in [0.1, 0.15) is 17.9 Å². The number of nitrogens with zero attached hydrogens (tertiary/aromatic N) is 2. The molecule has 7 heteroatoms. The summed E-state index contributed by atoms with van der Waals surface area (Å²) in [5.41, 5.74) is 6.10. The van der Waals surface area contributed by atoms with Crippen LogP contribution in [0, 0.1) is 20.8 Å². The van der Waals surface area contributed by atoms with E-state index in [4.69, 9.17) is 9.47 Å². The third kappa shape index (κ3) is 4.49. The predicted molar refractivity (Wildman–Crippen MR) is 125 cm³/mol. The Balaban J connectivity index is 1.52. The number of hydrogen-bond donors (Lipinski definition) is 1. The Bertz CT molecular complexity index is 1210. The highest BCUT2D eigenvalue weighted by atomic mass is 16.5. The van der Waals surface area contributed by atoms with E-state index in [1.807, 2.05) is 58.0 Å². The molecule has 1 aromatic heterocycles. The van der Waals surface area contributed by atoms with Crippen LogP contribution in [0.15, 0.2) is 42.5 Å². The fraction of sp³-hybridized carbons (Fsp3) is 0.346. The van der Waals surface area contributed by atoms with Crippen LogP contribution in [0.1, 0.15) is 45.8 Å². The zero-order valence-corrected chi connectivity index (χ0v) is 19.6. The van der Waals surface area contributed by atoms with E-state index in [0.29, 0.717) is 18.5 Å². The largest absolute Gasteiger partial charge is 0.487 e. The van der Waals surface area contributed by atoms with Crippen LogP contribution in [-0.4, -0.2) is 41.4 Å². The zero-order chi connectivity index (χ0) is 23.7. The summed E-state index contributed by atoms with van der Waals surface area (Å²) in [5.74, 6) is 0.261. The fourth-order valence-electron chi connectivity index (χ4n) is 4.42. The number of benzene rings is 2. The summed E-state index contributed by atoms with van der Waals surface area (Å²) in [6.07, 6.45) is 0.487. The van der Waals surface area contributed by atoms with Gasteiger partial charge in [-0.3, -0.25) is 9.48 Å². The summed E-state index contributed by atoms with van der Waals surface area (Å²) in [5, 5.41) is 7.42. The number of hydrogen-bond acceptors (Lipinski definition) is 5. The van der Waals surface area contributed by atoms with E-state index in [0.717, 1.165) is 39.4 Å². The van der Waals surface area contributed by atoms with Gasteiger partial charge in [0, 0.05) is 17.7 Å². The van der Waals surface area contributed by atoms with E-state index in [2.05, 4.69) is 16.5 Å². The molecule has 1 aliphatic heterocycles. The van der Waals surface area contributed by atoms with Crippen molar-refractivity contribution in [1.29, 1.82) is 0 Å². The first-order valence-electron chi connectivity index (χ1n) is 11.1. The van der Waals surface area contributed by atoms with Gasteiger partial charge in [-0.05, 0) is 62.6 Å². The van der Waals surface area contributed by atoms with Crippen molar-refractivity contribution in [1.82, 2.24) is 15.1 Å². The molecule has 7 nitrogen and oxygen atoms in total. The van der Waals surface area contributed by atoms with Crippen LogP contribution < -0.4 is 10.1 Å². The quantitative estimate of drug-likeness (QED) is 0.579. The van der Waals surface area contributed by atoms with E-state index >= 15 is 0 Å². The molecule has 3 aromatic rings. The number of amides is 1. The molecule has 0 aliphatic carbocycles. The minimum Gasteiger partial charge on any atom is -0.487 e. The number of ether oxygens (including phenoxy) is 2. The monoisotopic (exact) mass is 447 g/mol. The molecule has 0 bridgehead atoms. The molecule has 4 rings (SSSR count). The number of methoxy groups -OCH3 is 1. The van der Waals surface area contributed by atoms with E-state index in [9.17, 15) is 9.59 Å². The first kappa shape index (κ1) is 22.6. The molecule has 2 atom stereocenters. The van der Waals surface area contributed by atoms with Crippen LogP contribution in [-0.2, 0) is 16.0 Å². The highest BCUT2D eigenvalue weighted by Crippen LogP contribution is 2.41. The summed E-state index contributed by atoms with van der Waals surface area (Å²) in [4.78, 5) is 25.1. The average molecular weight is 448 g/mol. The van der Waals surface area contributed by atoms with Gasteiger partial charge in [-0.25, -0.2) is 4.79 Å². The molecule has 33 heavy (non-hydrogen) atoms. The standard InChI is InChI=1S/C26H29N3O4/c1-15-10-19-13-20(14-27-25(30)18(4)29-17(3)12-16(2)28-29)33-24(19)23(11-15)21-8-6-7-9-22(21)26(31)32-5/h6-12,18,20H,13-14H2,1-5H3,(H,27,30)/t18-,20-/m0/s1. The van der Waals surface area contributed by atoms with Crippen molar-refractivity contribution >= 4 is 11.9 Å². The Morgan fingerprint density at radius 1 is 1.18 bits per heavy atom. The molecular formula is C26H29N3O4. The van der Waals surface area contributed by atoms with Gasteiger partial charge in [-0.15, -0.1) is 0 Å². The molecule has 0 saturated carbocycles. The Kier molecular flexibility index (Phi) is 6.22. The number of fused-ring (bicyclic) bond motifs is 1. The summed E-state index contributed by atoms with van der Waals surface area (Å²) in [6, 6.07) is 13.0. The van der Waals surface area contributed by atoms with Crippen LogP contribution in [0.2, 0.25) is 0 Å². The van der Waals surface area contributed by atoms with E-state index in [1.54, 1.807) is 10.7 Å². The van der Waals surface area contributed by atoms with Gasteiger partial charge in [-0.2, -0.15) is 5.10 Å². The highest BCUT2D eigenvalue weighted by molar-refractivity contribution is 5.98. The highest BCUT2D eigenvalue weighted by Gasteiger charge is 2.29. The van der Waals surface area contributed by atoms with Crippen molar-refractivity contribution < 1.29 is 19.1 Å². The second kappa shape index (κ2) is 9.10. The molecule has 0 unspecified atom stereocenters. The van der Waals surface area contributed by atoms with Gasteiger partial charge in [0.2, 0.25) is 5.91 Å². The van der Waals surface area contributed by atoms with Crippen molar-refractivity contribution in [3.8, 4) is 16.9 Å². The van der Waals surface area contributed by atoms with Crippen LogP contribution in [0.4, 0.5) is 0 Å². The number of carbonyl (C=O) groups excluding carboxylic acids is 2. The lowest BCUT2D eigenvalue weighted by Gasteiger charge is -2.18. The lowest BCUT2D eigenvalue weighted by Crippen LogP contribution is -2.38. The Morgan fingerprint density at radius 3 is 2.64 bits per heavy atom. The summed E-state index contributed by atoms with van der Waals surface area (Å²) >= 11 is 0. The molecule has 2 heterocycles. The maximum absolute atomic E-state index is 12.8. The first-order chi connectivity index (χ1) is 15.8. The van der Waals surface area contributed by atoms with Crippen molar-refractivity contribution in [2.24, 2.45) is 0 Å². The molecular weight excluding hydrogens is 418 g/mol. The van der Waals surface area contributed by atoms with Crippen LogP contribution in [0.5, 0.6) is 5.75 Å². The molecule has 172 valence electrons. The molecule has 0 spiro atoms. The molecule has 0 fully saturated rings. The number of carbonyl (C=O) groups is 2. The number of esters is 1. The summed E-state index contributed by atoms with van der Waals surface area (Å²) in [6.45, 7) is 8.10. The van der Waals surface area contributed by atoms with Crippen molar-refractivity contribution in [3.05, 3.63) is 70.5 Å². The Labute approximate surface area is 193 Å². The normalized spacial score (nSPS) is 15.5. The Hall–Kier alpha value is -3.61. The van der Waals surface area contributed by atoms with Crippen LogP contribution in [0.3, 0.4) is 0 Å². The second-order valence-electron chi connectivity index (χ2n) is 8.57. The number of aromatic nitrogens is 2. The van der Waals surface area contributed by atoms with E-state index < -0.39 is 6.04 Å². The predicted octanol–water partition coefficient (Wildman–Crippen LogP) is 3.94. The van der Waals surface area contributed by atoms with Crippen molar-refractivity contribution in [3.63, 3.8) is 0 Å². The number of nitrogens with one attached hydrogen (secondary N) is 1. The maximum Gasteiger partial charge on any atom is 0.338 e. The Morgan fingerprint density at radius 2 is 1.94 bits per heavy atom. The van der Waals surface area contributed by atoms with E-state index in [1.165, 1.54) is 7.11 Å². The zero-order valence-electron chi connectivity index (χ0n) is 19.6. The second-order valence-corrected chi connectivity index (χ2v) is 8.57. The van der Waals surface area contributed by atoms with Gasteiger partial charge in [0.15, 0.2) is 0 Å². The lowest BCUT2D eigenvalue weighted by atomic mass is 9.94. The van der Waals surface area contributed by atoms with Crippen molar-refractivity contribution in [2.75, 3.05) is 13.7 Å². The van der Waals surface area contributed by atoms with Gasteiger partial charge in [0.25, 0.3) is 0 Å². The number of aryl methyl sites for hydroxylation is 3. The van der Waals surface area contributed by atoms with Crippen LogP contribution >= 0.6 is 0 Å². The molecule has 2 aromatic carbocycles. The number of rotatable bonds is 6. The summed E-state index contributed by atoms with van der Waals surface area (Å²) in [7, 11) is 1.38. The smallest absolute Gasteiger partial charge is 0.338 e. The third-order valence-corrected chi connectivity index (χ3v) is 5.96. The lowest BCUT2D eigenvalue weighted by molar-refractivity contribution is -0.124. The minimum absolute atomic E-state index is 0.104. The molecule has 1 aliphatic rings. The van der Waals surface area contributed by atoms with Gasteiger partial charge in [-0.1, -0.05) is 24.3 Å². The van der Waals surface area contributed by atoms with Crippen LogP contribution in [0.25, 0.3) is 11.1 Å². The molecule has 0 radical (unpaired) electrons. The third-order valence-electron chi connectivity index (χ3n) is 5.96. The first-order valence-corrected chi connectivity index (χ1v) is 11.1. The van der Waals surface area contributed by atoms with Gasteiger partial charge in [0.05, 0.1) is 24.9 Å². The topological polar surface area (TPSA) is 82.5 Å².